The first kappa shape index (κ1) is 18.3. The Balaban J connectivity index is 1.83. The van der Waals surface area contributed by atoms with Crippen LogP contribution in [0.25, 0.3) is 10.8 Å². The van der Waals surface area contributed by atoms with Crippen LogP contribution in [0, 0.1) is 0 Å². The third kappa shape index (κ3) is 3.64. The van der Waals surface area contributed by atoms with E-state index in [0.717, 1.165) is 20.8 Å². The monoisotopic (exact) mass is 431 g/mol. The topological polar surface area (TPSA) is 49.3 Å². The Morgan fingerprint density at radius 1 is 0.821 bits per heavy atom. The molecule has 0 unspecified atom stereocenters. The van der Waals surface area contributed by atoms with E-state index >= 15 is 0 Å². The maximum atomic E-state index is 13.0. The van der Waals surface area contributed by atoms with Crippen LogP contribution in [-0.2, 0) is 0 Å². The zero-order valence-electron chi connectivity index (χ0n) is 15.0. The van der Waals surface area contributed by atoms with Crippen molar-refractivity contribution in [2.24, 2.45) is 0 Å². The van der Waals surface area contributed by atoms with Gasteiger partial charge in [-0.25, -0.2) is 0 Å². The number of aromatic hydroxyl groups is 1. The molecule has 28 heavy (non-hydrogen) atoms. The van der Waals surface area contributed by atoms with Crippen molar-refractivity contribution in [2.45, 2.75) is 6.04 Å². The summed E-state index contributed by atoms with van der Waals surface area (Å²) in [6.45, 7) is 0. The standard InChI is InChI=1S/C24H18BrNO2/c25-19-13-10-18(11-14-19)24(28)26-23(17-7-2-1-3-8-17)22-20-9-5-4-6-16(20)12-15-21(22)27/h1-15,23,27H,(H,26,28)/t23-/m0/s1. The number of hydrogen-bond donors (Lipinski definition) is 2. The fraction of sp³-hybridized carbons (Fsp3) is 0.0417. The molecule has 4 aromatic carbocycles. The van der Waals surface area contributed by atoms with E-state index in [0.29, 0.717) is 11.1 Å². The maximum absolute atomic E-state index is 13.0. The van der Waals surface area contributed by atoms with Crippen molar-refractivity contribution in [1.82, 2.24) is 5.32 Å². The van der Waals surface area contributed by atoms with Gasteiger partial charge in [0, 0.05) is 15.6 Å². The molecule has 0 bridgehead atoms. The van der Waals surface area contributed by atoms with Crippen molar-refractivity contribution in [3.63, 3.8) is 0 Å². The van der Waals surface area contributed by atoms with Gasteiger partial charge in [-0.15, -0.1) is 0 Å². The van der Waals surface area contributed by atoms with Gasteiger partial charge < -0.3 is 10.4 Å². The van der Waals surface area contributed by atoms with Crippen LogP contribution in [0.5, 0.6) is 5.75 Å². The average Bonchev–Trinajstić information content (AvgIpc) is 2.73. The summed E-state index contributed by atoms with van der Waals surface area (Å²) in [5, 5.41) is 15.7. The normalized spacial score (nSPS) is 11.9. The number of carbonyl (C=O) groups is 1. The van der Waals surface area contributed by atoms with Crippen LogP contribution < -0.4 is 5.32 Å². The fourth-order valence-electron chi connectivity index (χ4n) is 3.37. The molecule has 0 saturated carbocycles. The summed E-state index contributed by atoms with van der Waals surface area (Å²) in [6, 6.07) is 27.8. The number of hydrogen-bond acceptors (Lipinski definition) is 2. The minimum absolute atomic E-state index is 0.156. The lowest BCUT2D eigenvalue weighted by atomic mass is 9.92. The van der Waals surface area contributed by atoms with Crippen LogP contribution in [0.15, 0.2) is 95.5 Å². The predicted molar refractivity (Wildman–Crippen MR) is 116 cm³/mol. The van der Waals surface area contributed by atoms with Crippen LogP contribution >= 0.6 is 15.9 Å². The van der Waals surface area contributed by atoms with Gasteiger partial charge in [0.15, 0.2) is 0 Å². The molecule has 0 spiro atoms. The highest BCUT2D eigenvalue weighted by Crippen LogP contribution is 2.36. The lowest BCUT2D eigenvalue weighted by molar-refractivity contribution is 0.0943. The van der Waals surface area contributed by atoms with Gasteiger partial charge in [0.2, 0.25) is 0 Å². The fourth-order valence-corrected chi connectivity index (χ4v) is 3.64. The molecule has 0 aliphatic heterocycles. The molecule has 0 radical (unpaired) electrons. The minimum Gasteiger partial charge on any atom is -0.508 e. The molecule has 0 heterocycles. The van der Waals surface area contributed by atoms with Crippen molar-refractivity contribution < 1.29 is 9.90 Å². The smallest absolute Gasteiger partial charge is 0.252 e. The number of benzene rings is 4. The van der Waals surface area contributed by atoms with Gasteiger partial charge in [-0.05, 0) is 46.7 Å². The van der Waals surface area contributed by atoms with Gasteiger partial charge in [-0.3, -0.25) is 4.79 Å². The number of phenolic OH excluding ortho intramolecular Hbond substituents is 1. The molecule has 1 atom stereocenters. The SMILES string of the molecule is O=C(N[C@@H](c1ccccc1)c1c(O)ccc2ccccc12)c1ccc(Br)cc1. The second kappa shape index (κ2) is 7.87. The van der Waals surface area contributed by atoms with Crippen molar-refractivity contribution >= 4 is 32.6 Å². The lowest BCUT2D eigenvalue weighted by Crippen LogP contribution is -2.29. The second-order valence-corrected chi connectivity index (χ2v) is 7.46. The molecule has 2 N–H and O–H groups in total. The number of amides is 1. The number of rotatable bonds is 4. The first-order valence-corrected chi connectivity index (χ1v) is 9.75. The van der Waals surface area contributed by atoms with E-state index in [-0.39, 0.29) is 11.7 Å². The summed E-state index contributed by atoms with van der Waals surface area (Å²) in [7, 11) is 0. The molecule has 4 heteroatoms. The molecule has 138 valence electrons. The third-order valence-corrected chi connectivity index (χ3v) is 5.28. The molecular weight excluding hydrogens is 414 g/mol. The minimum atomic E-state index is -0.483. The number of phenols is 1. The third-order valence-electron chi connectivity index (χ3n) is 4.75. The van der Waals surface area contributed by atoms with Crippen molar-refractivity contribution in [3.05, 3.63) is 112 Å². The summed E-state index contributed by atoms with van der Waals surface area (Å²) in [5.41, 5.74) is 2.15. The van der Waals surface area contributed by atoms with Crippen LogP contribution in [0.4, 0.5) is 0 Å². The van der Waals surface area contributed by atoms with Crippen molar-refractivity contribution in [2.75, 3.05) is 0 Å². The number of halogens is 1. The first-order valence-electron chi connectivity index (χ1n) is 8.95. The highest BCUT2D eigenvalue weighted by Gasteiger charge is 2.23. The highest BCUT2D eigenvalue weighted by atomic mass is 79.9. The maximum Gasteiger partial charge on any atom is 0.252 e. The van der Waals surface area contributed by atoms with Gasteiger partial charge in [0.1, 0.15) is 5.75 Å². The Kier molecular flexibility index (Phi) is 5.13. The molecule has 4 rings (SSSR count). The van der Waals surface area contributed by atoms with Gasteiger partial charge in [0.25, 0.3) is 5.91 Å². The summed E-state index contributed by atoms with van der Waals surface area (Å²) in [5.74, 6) is -0.0441. The van der Waals surface area contributed by atoms with Gasteiger partial charge in [0.05, 0.1) is 6.04 Å². The average molecular weight is 432 g/mol. The van der Waals surface area contributed by atoms with E-state index < -0.39 is 6.04 Å². The summed E-state index contributed by atoms with van der Waals surface area (Å²) < 4.78 is 0.912. The molecule has 0 fully saturated rings. The summed E-state index contributed by atoms with van der Waals surface area (Å²) in [6.07, 6.45) is 0. The Hall–Kier alpha value is -3.11. The van der Waals surface area contributed by atoms with E-state index in [1.54, 1.807) is 18.2 Å². The van der Waals surface area contributed by atoms with E-state index in [1.165, 1.54) is 0 Å². The summed E-state index contributed by atoms with van der Waals surface area (Å²) in [4.78, 5) is 13.0. The Morgan fingerprint density at radius 3 is 2.25 bits per heavy atom. The number of nitrogens with one attached hydrogen (secondary N) is 1. The van der Waals surface area contributed by atoms with E-state index in [9.17, 15) is 9.90 Å². The molecule has 3 nitrogen and oxygen atoms in total. The Labute approximate surface area is 171 Å². The van der Waals surface area contributed by atoms with Crippen LogP contribution in [0.2, 0.25) is 0 Å². The Morgan fingerprint density at radius 2 is 1.50 bits per heavy atom. The Bertz CT molecular complexity index is 1120. The zero-order valence-corrected chi connectivity index (χ0v) is 16.6. The van der Waals surface area contributed by atoms with Crippen LogP contribution in [0.3, 0.4) is 0 Å². The molecule has 0 aliphatic rings. The van der Waals surface area contributed by atoms with Crippen molar-refractivity contribution in [3.8, 4) is 5.75 Å². The van der Waals surface area contributed by atoms with Crippen LogP contribution in [-0.4, -0.2) is 11.0 Å². The van der Waals surface area contributed by atoms with Gasteiger partial charge in [-0.1, -0.05) is 76.6 Å². The van der Waals surface area contributed by atoms with Gasteiger partial charge >= 0.3 is 0 Å². The highest BCUT2D eigenvalue weighted by molar-refractivity contribution is 9.10. The van der Waals surface area contributed by atoms with Crippen LogP contribution in [0.1, 0.15) is 27.5 Å². The number of carbonyl (C=O) groups excluding carboxylic acids is 1. The molecule has 4 aromatic rings. The quantitative estimate of drug-likeness (QED) is 0.427. The molecule has 0 saturated heterocycles. The molecular formula is C24H18BrNO2. The van der Waals surface area contributed by atoms with E-state index in [4.69, 9.17) is 0 Å². The van der Waals surface area contributed by atoms with Crippen molar-refractivity contribution in [1.29, 1.82) is 0 Å². The number of fused-ring (bicyclic) bond motifs is 1. The molecule has 1 amide bonds. The summed E-state index contributed by atoms with van der Waals surface area (Å²) >= 11 is 3.39. The van der Waals surface area contributed by atoms with E-state index in [2.05, 4.69) is 21.2 Å². The molecule has 0 aliphatic carbocycles. The zero-order chi connectivity index (χ0) is 19.5. The predicted octanol–water partition coefficient (Wildman–Crippen LogP) is 5.83. The largest absolute Gasteiger partial charge is 0.508 e. The molecule has 0 aromatic heterocycles. The lowest BCUT2D eigenvalue weighted by Gasteiger charge is -2.22. The first-order chi connectivity index (χ1) is 13.6. The van der Waals surface area contributed by atoms with E-state index in [1.807, 2.05) is 72.8 Å². The second-order valence-electron chi connectivity index (χ2n) is 6.54. The van der Waals surface area contributed by atoms with Gasteiger partial charge in [-0.2, -0.15) is 0 Å².